The summed E-state index contributed by atoms with van der Waals surface area (Å²) in [7, 11) is 0. The molecular weight excluding hydrogens is 152 g/mol. The zero-order chi connectivity index (χ0) is 9.23. The zero-order valence-electron chi connectivity index (χ0n) is 7.92. The number of aliphatic hydroxyl groups excluding tert-OH is 2. The summed E-state index contributed by atoms with van der Waals surface area (Å²) in [6.07, 6.45) is 8.77. The quantitative estimate of drug-likeness (QED) is 0.458. The Labute approximate surface area is 74.9 Å². The van der Waals surface area contributed by atoms with Crippen LogP contribution in [0.5, 0.6) is 0 Å². The first-order chi connectivity index (χ1) is 5.81. The average Bonchev–Trinajstić information content (AvgIpc) is 2.10. The van der Waals surface area contributed by atoms with Gasteiger partial charge in [0.1, 0.15) is 5.76 Å². The Bertz CT molecular complexity index is 119. The Kier molecular flexibility index (Phi) is 8.24. The van der Waals surface area contributed by atoms with Crippen molar-refractivity contribution in [2.24, 2.45) is 0 Å². The predicted octanol–water partition coefficient (Wildman–Crippen LogP) is 2.78. The van der Waals surface area contributed by atoms with Gasteiger partial charge in [0.15, 0.2) is 0 Å². The van der Waals surface area contributed by atoms with Gasteiger partial charge in [-0.3, -0.25) is 0 Å². The molecule has 2 heteroatoms. The monoisotopic (exact) mass is 172 g/mol. The molecule has 2 N–H and O–H groups in total. The Morgan fingerprint density at radius 1 is 1.17 bits per heavy atom. The fraction of sp³-hybridized carbons (Fsp3) is 0.800. The first-order valence-electron chi connectivity index (χ1n) is 4.80. The van der Waals surface area contributed by atoms with Crippen molar-refractivity contribution < 1.29 is 10.2 Å². The largest absolute Gasteiger partial charge is 0.510 e. The molecule has 0 unspecified atom stereocenters. The fourth-order valence-electron chi connectivity index (χ4n) is 1.08. The van der Waals surface area contributed by atoms with Gasteiger partial charge in [0.25, 0.3) is 0 Å². The molecule has 2 nitrogen and oxygen atoms in total. The van der Waals surface area contributed by atoms with Gasteiger partial charge in [-0.05, 0) is 18.9 Å². The van der Waals surface area contributed by atoms with Gasteiger partial charge in [-0.15, -0.1) is 0 Å². The van der Waals surface area contributed by atoms with Crippen LogP contribution < -0.4 is 0 Å². The number of allylic oxidation sites excluding steroid dienone is 1. The number of aliphatic hydroxyl groups is 2. The van der Waals surface area contributed by atoms with E-state index >= 15 is 0 Å². The lowest BCUT2D eigenvalue weighted by Crippen LogP contribution is -1.87. The second-order valence-electron chi connectivity index (χ2n) is 3.06. The highest BCUT2D eigenvalue weighted by Crippen LogP contribution is 2.05. The Balaban J connectivity index is 3.10. The molecule has 0 bridgehead atoms. The molecule has 0 amide bonds. The summed E-state index contributed by atoms with van der Waals surface area (Å²) in [6.45, 7) is 1.96. The van der Waals surface area contributed by atoms with Gasteiger partial charge in [0.2, 0.25) is 0 Å². The van der Waals surface area contributed by atoms with Crippen molar-refractivity contribution in [2.75, 3.05) is 6.61 Å². The van der Waals surface area contributed by atoms with E-state index in [-0.39, 0.29) is 12.4 Å². The van der Waals surface area contributed by atoms with E-state index in [1.165, 1.54) is 25.7 Å². The normalized spacial score (nSPS) is 12.0. The Morgan fingerprint density at radius 2 is 1.83 bits per heavy atom. The lowest BCUT2D eigenvalue weighted by atomic mass is 10.1. The summed E-state index contributed by atoms with van der Waals surface area (Å²) in [5.74, 6) is 0.102. The molecule has 0 aromatic heterocycles. The summed E-state index contributed by atoms with van der Waals surface area (Å²) >= 11 is 0. The molecule has 0 saturated carbocycles. The van der Waals surface area contributed by atoms with Gasteiger partial charge < -0.3 is 10.2 Å². The SMILES string of the molecule is CCCCCCCC=C(O)CO. The van der Waals surface area contributed by atoms with Gasteiger partial charge in [-0.1, -0.05) is 32.6 Å². The fourth-order valence-corrected chi connectivity index (χ4v) is 1.08. The molecule has 0 atom stereocenters. The second-order valence-corrected chi connectivity index (χ2v) is 3.06. The maximum atomic E-state index is 8.87. The highest BCUT2D eigenvalue weighted by atomic mass is 16.3. The van der Waals surface area contributed by atoms with Crippen LogP contribution in [0.2, 0.25) is 0 Å². The minimum absolute atomic E-state index is 0.102. The van der Waals surface area contributed by atoms with E-state index in [0.717, 1.165) is 12.8 Å². The van der Waals surface area contributed by atoms with Crippen molar-refractivity contribution in [2.45, 2.75) is 45.4 Å². The molecule has 0 spiro atoms. The van der Waals surface area contributed by atoms with Crippen molar-refractivity contribution in [3.05, 3.63) is 11.8 Å². The minimum Gasteiger partial charge on any atom is -0.510 e. The van der Waals surface area contributed by atoms with Crippen LogP contribution >= 0.6 is 0 Å². The van der Waals surface area contributed by atoms with E-state index in [0.29, 0.717) is 0 Å². The smallest absolute Gasteiger partial charge is 0.114 e. The number of hydrogen-bond acceptors (Lipinski definition) is 2. The number of unbranched alkanes of at least 4 members (excludes halogenated alkanes) is 5. The van der Waals surface area contributed by atoms with Crippen LogP contribution in [0.15, 0.2) is 11.8 Å². The summed E-state index contributed by atoms with van der Waals surface area (Å²) in [4.78, 5) is 0. The van der Waals surface area contributed by atoms with Crippen LogP contribution in [-0.2, 0) is 0 Å². The molecule has 72 valence electrons. The highest BCUT2D eigenvalue weighted by Gasteiger charge is 1.89. The van der Waals surface area contributed by atoms with Crippen molar-refractivity contribution in [1.82, 2.24) is 0 Å². The van der Waals surface area contributed by atoms with E-state index < -0.39 is 0 Å². The maximum absolute atomic E-state index is 8.87. The van der Waals surface area contributed by atoms with E-state index in [2.05, 4.69) is 6.92 Å². The maximum Gasteiger partial charge on any atom is 0.114 e. The minimum atomic E-state index is -0.227. The third-order valence-electron chi connectivity index (χ3n) is 1.85. The molecule has 0 radical (unpaired) electrons. The van der Waals surface area contributed by atoms with Crippen LogP contribution in [0.25, 0.3) is 0 Å². The van der Waals surface area contributed by atoms with Crippen molar-refractivity contribution in [3.8, 4) is 0 Å². The molecule has 0 aliphatic heterocycles. The topological polar surface area (TPSA) is 40.5 Å². The van der Waals surface area contributed by atoms with E-state index in [1.807, 2.05) is 0 Å². The molecule has 0 fully saturated rings. The van der Waals surface area contributed by atoms with Gasteiger partial charge in [0.05, 0.1) is 6.61 Å². The van der Waals surface area contributed by atoms with Crippen LogP contribution in [0.4, 0.5) is 0 Å². The summed E-state index contributed by atoms with van der Waals surface area (Å²) in [5, 5.41) is 17.3. The Morgan fingerprint density at radius 3 is 2.42 bits per heavy atom. The molecule has 12 heavy (non-hydrogen) atoms. The van der Waals surface area contributed by atoms with Crippen molar-refractivity contribution >= 4 is 0 Å². The van der Waals surface area contributed by atoms with Gasteiger partial charge >= 0.3 is 0 Å². The molecule has 0 heterocycles. The predicted molar refractivity (Wildman–Crippen MR) is 51.2 cm³/mol. The first kappa shape index (κ1) is 11.5. The average molecular weight is 172 g/mol. The Hall–Kier alpha value is -0.500. The zero-order valence-corrected chi connectivity index (χ0v) is 7.92. The molecule has 0 aromatic rings. The summed E-state index contributed by atoms with van der Waals surface area (Å²) in [5.41, 5.74) is 0. The highest BCUT2D eigenvalue weighted by molar-refractivity contribution is 4.89. The van der Waals surface area contributed by atoms with E-state index in [9.17, 15) is 0 Å². The molecule has 0 rings (SSSR count). The lowest BCUT2D eigenvalue weighted by Gasteiger charge is -1.97. The van der Waals surface area contributed by atoms with E-state index in [1.54, 1.807) is 6.08 Å². The molecule has 0 aliphatic rings. The summed E-state index contributed by atoms with van der Waals surface area (Å²) < 4.78 is 0. The molecular formula is C10H20O2. The van der Waals surface area contributed by atoms with Crippen LogP contribution in [-0.4, -0.2) is 16.8 Å². The van der Waals surface area contributed by atoms with Crippen molar-refractivity contribution in [1.29, 1.82) is 0 Å². The third kappa shape index (κ3) is 7.61. The number of hydrogen-bond donors (Lipinski definition) is 2. The van der Waals surface area contributed by atoms with Gasteiger partial charge in [-0.25, -0.2) is 0 Å². The first-order valence-corrected chi connectivity index (χ1v) is 4.80. The lowest BCUT2D eigenvalue weighted by molar-refractivity contribution is 0.252. The molecule has 0 saturated heterocycles. The third-order valence-corrected chi connectivity index (χ3v) is 1.85. The standard InChI is InChI=1S/C10H20O2/c1-2-3-4-5-6-7-8-10(12)9-11/h8,11-12H,2-7,9H2,1H3. The van der Waals surface area contributed by atoms with Gasteiger partial charge in [-0.2, -0.15) is 0 Å². The summed E-state index contributed by atoms with van der Waals surface area (Å²) in [6, 6.07) is 0. The van der Waals surface area contributed by atoms with Crippen LogP contribution in [0.1, 0.15) is 45.4 Å². The van der Waals surface area contributed by atoms with Crippen LogP contribution in [0.3, 0.4) is 0 Å². The van der Waals surface area contributed by atoms with Crippen molar-refractivity contribution in [3.63, 3.8) is 0 Å². The van der Waals surface area contributed by atoms with Crippen LogP contribution in [0, 0.1) is 0 Å². The molecule has 0 aromatic carbocycles. The van der Waals surface area contributed by atoms with Gasteiger partial charge in [0, 0.05) is 0 Å². The number of rotatable bonds is 7. The second kappa shape index (κ2) is 8.60. The van der Waals surface area contributed by atoms with E-state index in [4.69, 9.17) is 10.2 Å². The molecule has 0 aliphatic carbocycles.